The van der Waals surface area contributed by atoms with Crippen LogP contribution in [0.4, 0.5) is 10.8 Å². The van der Waals surface area contributed by atoms with Gasteiger partial charge in [0.1, 0.15) is 0 Å². The minimum absolute atomic E-state index is 0.0821. The molecule has 1 heterocycles. The van der Waals surface area contributed by atoms with Gasteiger partial charge in [0.15, 0.2) is 3.95 Å². The molecule has 90 valence electrons. The quantitative estimate of drug-likeness (QED) is 0.588. The minimum Gasteiger partial charge on any atom is -0.399 e. The summed E-state index contributed by atoms with van der Waals surface area (Å²) >= 11 is 5.85. The largest absolute Gasteiger partial charge is 0.399 e. The molecule has 0 bridgehead atoms. The Morgan fingerprint density at radius 2 is 2.24 bits per heavy atom. The van der Waals surface area contributed by atoms with E-state index in [1.165, 1.54) is 12.1 Å². The van der Waals surface area contributed by atoms with Gasteiger partial charge in [-0.2, -0.15) is 0 Å². The van der Waals surface area contributed by atoms with Crippen LogP contribution in [0.2, 0.25) is 0 Å². The second-order valence-electron chi connectivity index (χ2n) is 3.10. The SMILES string of the molecule is Nc1cccc(S(=O)(=O)Nc2n[nH]c(=S)s2)c1. The van der Waals surface area contributed by atoms with E-state index in [2.05, 4.69) is 14.9 Å². The number of aromatic amines is 1. The van der Waals surface area contributed by atoms with Crippen molar-refractivity contribution in [2.24, 2.45) is 0 Å². The Bertz CT molecular complexity index is 689. The van der Waals surface area contributed by atoms with Crippen LogP contribution in [0.5, 0.6) is 0 Å². The van der Waals surface area contributed by atoms with Crippen molar-refractivity contribution in [1.82, 2.24) is 10.2 Å². The van der Waals surface area contributed by atoms with Crippen LogP contribution in [-0.4, -0.2) is 18.6 Å². The van der Waals surface area contributed by atoms with Crippen LogP contribution in [0.1, 0.15) is 0 Å². The molecule has 0 aliphatic rings. The van der Waals surface area contributed by atoms with E-state index in [0.29, 0.717) is 9.64 Å². The highest BCUT2D eigenvalue weighted by Gasteiger charge is 2.15. The number of hydrogen-bond donors (Lipinski definition) is 3. The van der Waals surface area contributed by atoms with E-state index in [1.807, 2.05) is 0 Å². The fourth-order valence-electron chi connectivity index (χ4n) is 1.13. The van der Waals surface area contributed by atoms with Gasteiger partial charge in [-0.15, -0.1) is 5.10 Å². The molecule has 0 saturated carbocycles. The topological polar surface area (TPSA) is 101 Å². The number of nitrogens with two attached hydrogens (primary N) is 1. The molecule has 0 aliphatic carbocycles. The molecule has 0 unspecified atom stereocenters. The maximum Gasteiger partial charge on any atom is 0.263 e. The Labute approximate surface area is 107 Å². The molecule has 0 radical (unpaired) electrons. The van der Waals surface area contributed by atoms with Gasteiger partial charge in [-0.1, -0.05) is 17.4 Å². The van der Waals surface area contributed by atoms with Gasteiger partial charge in [-0.3, -0.25) is 9.82 Å². The molecule has 1 aromatic carbocycles. The number of sulfonamides is 1. The molecule has 9 heteroatoms. The number of anilines is 2. The summed E-state index contributed by atoms with van der Waals surface area (Å²) in [4.78, 5) is 0.0821. The average molecular weight is 288 g/mol. The third kappa shape index (κ3) is 2.81. The molecule has 1 aromatic heterocycles. The van der Waals surface area contributed by atoms with Crippen LogP contribution in [0.3, 0.4) is 0 Å². The summed E-state index contributed by atoms with van der Waals surface area (Å²) in [5, 5.41) is 6.39. The molecule has 0 aliphatic heterocycles. The zero-order chi connectivity index (χ0) is 12.5. The van der Waals surface area contributed by atoms with Gasteiger partial charge >= 0.3 is 0 Å². The lowest BCUT2D eigenvalue weighted by Gasteiger charge is -2.04. The maximum absolute atomic E-state index is 11.9. The summed E-state index contributed by atoms with van der Waals surface area (Å²) in [5.74, 6) is 0. The number of H-pyrrole nitrogens is 1. The van der Waals surface area contributed by atoms with Crippen LogP contribution in [0.25, 0.3) is 0 Å². The van der Waals surface area contributed by atoms with E-state index in [0.717, 1.165) is 11.3 Å². The van der Waals surface area contributed by atoms with Crippen molar-refractivity contribution >= 4 is 44.4 Å². The number of rotatable bonds is 3. The van der Waals surface area contributed by atoms with Crippen LogP contribution >= 0.6 is 23.6 Å². The van der Waals surface area contributed by atoms with Crippen molar-refractivity contribution in [1.29, 1.82) is 0 Å². The fourth-order valence-corrected chi connectivity index (χ4v) is 3.21. The van der Waals surface area contributed by atoms with E-state index in [-0.39, 0.29) is 10.0 Å². The highest BCUT2D eigenvalue weighted by atomic mass is 32.2. The molecule has 4 N–H and O–H groups in total. The van der Waals surface area contributed by atoms with Gasteiger partial charge in [-0.25, -0.2) is 8.42 Å². The first-order chi connectivity index (χ1) is 7.97. The molecular weight excluding hydrogens is 280 g/mol. The van der Waals surface area contributed by atoms with Gasteiger partial charge in [0.2, 0.25) is 5.13 Å². The van der Waals surface area contributed by atoms with E-state index < -0.39 is 10.0 Å². The molecule has 2 aromatic rings. The van der Waals surface area contributed by atoms with Crippen molar-refractivity contribution < 1.29 is 8.42 Å². The summed E-state index contributed by atoms with van der Waals surface area (Å²) in [5.41, 5.74) is 5.90. The highest BCUT2D eigenvalue weighted by molar-refractivity contribution is 7.93. The lowest BCUT2D eigenvalue weighted by molar-refractivity contribution is 0.601. The molecule has 0 amide bonds. The zero-order valence-corrected chi connectivity index (χ0v) is 10.8. The summed E-state index contributed by atoms with van der Waals surface area (Å²) in [6.45, 7) is 0. The van der Waals surface area contributed by atoms with E-state index in [4.69, 9.17) is 18.0 Å². The standard InChI is InChI=1S/C8H8N4O2S3/c9-5-2-1-3-6(4-5)17(13,14)12-7-10-11-8(15)16-7/h1-4H,9H2,(H,10,12)(H,11,15). The van der Waals surface area contributed by atoms with Gasteiger partial charge in [0.05, 0.1) is 4.90 Å². The monoisotopic (exact) mass is 288 g/mol. The second-order valence-corrected chi connectivity index (χ2v) is 6.44. The van der Waals surface area contributed by atoms with E-state index >= 15 is 0 Å². The Hall–Kier alpha value is -1.45. The Balaban J connectivity index is 2.34. The minimum atomic E-state index is -3.67. The van der Waals surface area contributed by atoms with Gasteiger partial charge in [0.25, 0.3) is 10.0 Å². The smallest absolute Gasteiger partial charge is 0.263 e. The van der Waals surface area contributed by atoms with Gasteiger partial charge in [-0.05, 0) is 30.4 Å². The van der Waals surface area contributed by atoms with Crippen molar-refractivity contribution in [3.05, 3.63) is 28.2 Å². The Morgan fingerprint density at radius 3 is 2.82 bits per heavy atom. The van der Waals surface area contributed by atoms with Crippen LogP contribution in [0, 0.1) is 3.95 Å². The first-order valence-corrected chi connectivity index (χ1v) is 7.12. The number of nitrogens with one attached hydrogen (secondary N) is 2. The molecule has 0 fully saturated rings. The third-order valence-electron chi connectivity index (χ3n) is 1.83. The maximum atomic E-state index is 11.9. The number of benzene rings is 1. The Morgan fingerprint density at radius 1 is 1.47 bits per heavy atom. The van der Waals surface area contributed by atoms with Crippen LogP contribution in [0.15, 0.2) is 29.2 Å². The van der Waals surface area contributed by atoms with Gasteiger partial charge < -0.3 is 5.73 Å². The number of hydrogen-bond acceptors (Lipinski definition) is 6. The number of nitrogens with zero attached hydrogens (tertiary/aromatic N) is 1. The highest BCUT2D eigenvalue weighted by Crippen LogP contribution is 2.19. The summed E-state index contributed by atoms with van der Waals surface area (Å²) in [6.07, 6.45) is 0. The van der Waals surface area contributed by atoms with Crippen molar-refractivity contribution in [3.63, 3.8) is 0 Å². The molecule has 6 nitrogen and oxygen atoms in total. The van der Waals surface area contributed by atoms with E-state index in [9.17, 15) is 8.42 Å². The molecular formula is C8H8N4O2S3. The first-order valence-electron chi connectivity index (χ1n) is 4.41. The molecule has 2 rings (SSSR count). The van der Waals surface area contributed by atoms with Crippen LogP contribution < -0.4 is 10.5 Å². The summed E-state index contributed by atoms with van der Waals surface area (Å²) in [6, 6.07) is 5.99. The van der Waals surface area contributed by atoms with Crippen molar-refractivity contribution in [3.8, 4) is 0 Å². The molecule has 0 saturated heterocycles. The summed E-state index contributed by atoms with van der Waals surface area (Å²) in [7, 11) is -3.67. The second kappa shape index (κ2) is 4.43. The lowest BCUT2D eigenvalue weighted by atomic mass is 10.3. The predicted octanol–water partition coefficient (Wildman–Crippen LogP) is 1.58. The van der Waals surface area contributed by atoms with E-state index in [1.54, 1.807) is 12.1 Å². The number of nitrogen functional groups attached to an aromatic ring is 1. The zero-order valence-electron chi connectivity index (χ0n) is 8.38. The Kier molecular flexibility index (Phi) is 3.13. The summed E-state index contributed by atoms with van der Waals surface area (Å²) < 4.78 is 26.5. The van der Waals surface area contributed by atoms with Crippen molar-refractivity contribution in [2.45, 2.75) is 4.90 Å². The third-order valence-corrected chi connectivity index (χ3v) is 4.30. The fraction of sp³-hybridized carbons (Fsp3) is 0. The predicted molar refractivity (Wildman–Crippen MR) is 69.0 cm³/mol. The van der Waals surface area contributed by atoms with Crippen molar-refractivity contribution in [2.75, 3.05) is 10.5 Å². The average Bonchev–Trinajstić information content (AvgIpc) is 2.63. The first kappa shape index (κ1) is 12.0. The normalized spacial score (nSPS) is 11.3. The van der Waals surface area contributed by atoms with Crippen LogP contribution in [-0.2, 0) is 10.0 Å². The molecule has 17 heavy (non-hydrogen) atoms. The molecule has 0 spiro atoms. The molecule has 0 atom stereocenters. The lowest BCUT2D eigenvalue weighted by Crippen LogP contribution is -2.13. The number of aromatic nitrogens is 2. The van der Waals surface area contributed by atoms with Gasteiger partial charge in [0, 0.05) is 5.69 Å².